The van der Waals surface area contributed by atoms with Gasteiger partial charge in [0, 0.05) is 19.3 Å². The van der Waals surface area contributed by atoms with Gasteiger partial charge in [-0.1, -0.05) is 19.1 Å². The Morgan fingerprint density at radius 3 is 2.60 bits per heavy atom. The van der Waals surface area contributed by atoms with Crippen LogP contribution in [-0.4, -0.2) is 43.5 Å². The first-order chi connectivity index (χ1) is 9.60. The molecule has 0 atom stereocenters. The molecule has 0 aromatic heterocycles. The fourth-order valence-electron chi connectivity index (χ4n) is 1.76. The third-order valence-corrected chi connectivity index (χ3v) is 2.74. The molecule has 0 saturated carbocycles. The molecule has 0 heterocycles. The number of nitrogens with one attached hydrogen (secondary N) is 1. The summed E-state index contributed by atoms with van der Waals surface area (Å²) >= 11 is 0. The van der Waals surface area contributed by atoms with E-state index in [2.05, 4.69) is 12.2 Å². The minimum atomic E-state index is -0.401. The van der Waals surface area contributed by atoms with Gasteiger partial charge in [0.05, 0.1) is 12.2 Å². The molecule has 0 aliphatic carbocycles. The highest BCUT2D eigenvalue weighted by molar-refractivity contribution is 6.00. The second-order valence-electron chi connectivity index (χ2n) is 4.44. The molecule has 0 spiro atoms. The lowest BCUT2D eigenvalue weighted by molar-refractivity contribution is -0.143. The van der Waals surface area contributed by atoms with Crippen molar-refractivity contribution in [3.05, 3.63) is 29.8 Å². The maximum atomic E-state index is 12.3. The van der Waals surface area contributed by atoms with Gasteiger partial charge in [0.15, 0.2) is 0 Å². The van der Waals surface area contributed by atoms with Gasteiger partial charge < -0.3 is 15.0 Å². The second-order valence-corrected chi connectivity index (χ2v) is 4.44. The summed E-state index contributed by atoms with van der Waals surface area (Å²) in [4.78, 5) is 25.1. The van der Waals surface area contributed by atoms with E-state index in [-0.39, 0.29) is 12.5 Å². The van der Waals surface area contributed by atoms with E-state index in [1.807, 2.05) is 18.2 Å². The van der Waals surface area contributed by atoms with Gasteiger partial charge in [-0.05, 0) is 25.5 Å². The average molecular weight is 278 g/mol. The van der Waals surface area contributed by atoms with Crippen molar-refractivity contribution in [2.45, 2.75) is 20.3 Å². The molecule has 1 N–H and O–H groups in total. The van der Waals surface area contributed by atoms with E-state index in [1.165, 1.54) is 4.90 Å². The van der Waals surface area contributed by atoms with E-state index >= 15 is 0 Å². The van der Waals surface area contributed by atoms with Gasteiger partial charge >= 0.3 is 5.97 Å². The number of rotatable bonds is 7. The van der Waals surface area contributed by atoms with E-state index in [0.29, 0.717) is 12.2 Å². The highest BCUT2D eigenvalue weighted by atomic mass is 16.5. The number of carbonyl (C=O) groups excluding carboxylic acids is 2. The number of esters is 1. The lowest BCUT2D eigenvalue weighted by atomic mass is 10.1. The number of likely N-dealkylation sites (N-methyl/N-ethyl adjacent to an activating group) is 1. The number of benzene rings is 1. The number of hydrogen-bond donors (Lipinski definition) is 1. The van der Waals surface area contributed by atoms with Crippen LogP contribution in [0.4, 0.5) is 5.69 Å². The van der Waals surface area contributed by atoms with Crippen LogP contribution in [0.15, 0.2) is 24.3 Å². The van der Waals surface area contributed by atoms with Crippen LogP contribution in [0.3, 0.4) is 0 Å². The molecule has 1 aromatic carbocycles. The Morgan fingerprint density at radius 2 is 1.95 bits per heavy atom. The molecule has 1 rings (SSSR count). The van der Waals surface area contributed by atoms with E-state index < -0.39 is 5.97 Å². The SMILES string of the molecule is CCCNc1ccccc1C(=O)N(C)CC(=O)OCC. The number of carbonyl (C=O) groups is 2. The zero-order valence-electron chi connectivity index (χ0n) is 12.3. The molecule has 5 nitrogen and oxygen atoms in total. The standard InChI is InChI=1S/C15H22N2O3/c1-4-10-16-13-9-7-6-8-12(13)15(19)17(3)11-14(18)20-5-2/h6-9,16H,4-5,10-11H2,1-3H3. The lowest BCUT2D eigenvalue weighted by Crippen LogP contribution is -2.33. The number of anilines is 1. The molecular formula is C15H22N2O3. The largest absolute Gasteiger partial charge is 0.465 e. The molecule has 110 valence electrons. The fraction of sp³-hybridized carbons (Fsp3) is 0.467. The van der Waals surface area contributed by atoms with E-state index in [1.54, 1.807) is 20.0 Å². The van der Waals surface area contributed by atoms with E-state index in [4.69, 9.17) is 4.74 Å². The molecule has 20 heavy (non-hydrogen) atoms. The normalized spacial score (nSPS) is 9.95. The van der Waals surface area contributed by atoms with Gasteiger partial charge in [0.1, 0.15) is 6.54 Å². The summed E-state index contributed by atoms with van der Waals surface area (Å²) in [5, 5.41) is 3.21. The molecule has 1 aromatic rings. The van der Waals surface area contributed by atoms with Crippen LogP contribution >= 0.6 is 0 Å². The zero-order chi connectivity index (χ0) is 15.0. The molecule has 5 heteroatoms. The Morgan fingerprint density at radius 1 is 1.25 bits per heavy atom. The van der Waals surface area contributed by atoms with Gasteiger partial charge in [-0.2, -0.15) is 0 Å². The summed E-state index contributed by atoms with van der Waals surface area (Å²) in [5.74, 6) is -0.598. The summed E-state index contributed by atoms with van der Waals surface area (Å²) in [6.07, 6.45) is 0.973. The Bertz CT molecular complexity index is 460. The van der Waals surface area contributed by atoms with Crippen LogP contribution in [-0.2, 0) is 9.53 Å². The molecule has 0 bridgehead atoms. The number of nitrogens with zero attached hydrogens (tertiary/aromatic N) is 1. The van der Waals surface area contributed by atoms with Gasteiger partial charge in [-0.15, -0.1) is 0 Å². The van der Waals surface area contributed by atoms with Crippen molar-refractivity contribution in [3.8, 4) is 0 Å². The molecule has 1 amide bonds. The summed E-state index contributed by atoms with van der Waals surface area (Å²) < 4.78 is 4.85. The first kappa shape index (κ1) is 16.0. The molecule has 0 aliphatic heterocycles. The van der Waals surface area contributed by atoms with E-state index in [9.17, 15) is 9.59 Å². The predicted octanol–water partition coefficient (Wildman–Crippen LogP) is 2.14. The summed E-state index contributed by atoms with van der Waals surface area (Å²) in [5.41, 5.74) is 1.35. The third-order valence-electron chi connectivity index (χ3n) is 2.74. The topological polar surface area (TPSA) is 58.6 Å². The van der Waals surface area contributed by atoms with Crippen molar-refractivity contribution in [2.24, 2.45) is 0 Å². The Kier molecular flexibility index (Phi) is 6.56. The minimum Gasteiger partial charge on any atom is -0.465 e. The smallest absolute Gasteiger partial charge is 0.325 e. The zero-order valence-corrected chi connectivity index (χ0v) is 12.3. The van der Waals surface area contributed by atoms with Crippen LogP contribution in [0, 0.1) is 0 Å². The van der Waals surface area contributed by atoms with Gasteiger partial charge in [0.2, 0.25) is 0 Å². The Labute approximate surface area is 119 Å². The van der Waals surface area contributed by atoms with Crippen molar-refractivity contribution in [1.82, 2.24) is 4.90 Å². The highest BCUT2D eigenvalue weighted by Gasteiger charge is 2.18. The highest BCUT2D eigenvalue weighted by Crippen LogP contribution is 2.16. The van der Waals surface area contributed by atoms with Crippen molar-refractivity contribution in [2.75, 3.05) is 32.1 Å². The molecule has 0 fully saturated rings. The van der Waals surface area contributed by atoms with Crippen LogP contribution in [0.1, 0.15) is 30.6 Å². The van der Waals surface area contributed by atoms with Crippen LogP contribution in [0.5, 0.6) is 0 Å². The maximum absolute atomic E-state index is 12.3. The molecule has 0 radical (unpaired) electrons. The first-order valence-electron chi connectivity index (χ1n) is 6.84. The molecule has 0 unspecified atom stereocenters. The average Bonchev–Trinajstić information content (AvgIpc) is 2.44. The minimum absolute atomic E-state index is 0.0468. The van der Waals surface area contributed by atoms with Gasteiger partial charge in [-0.3, -0.25) is 9.59 Å². The summed E-state index contributed by atoms with van der Waals surface area (Å²) in [7, 11) is 1.59. The number of amides is 1. The van der Waals surface area contributed by atoms with Gasteiger partial charge in [0.25, 0.3) is 5.91 Å². The van der Waals surface area contributed by atoms with Gasteiger partial charge in [-0.25, -0.2) is 0 Å². The fourth-order valence-corrected chi connectivity index (χ4v) is 1.76. The number of para-hydroxylation sites is 1. The second kappa shape index (κ2) is 8.19. The Balaban J connectivity index is 2.77. The number of hydrogen-bond acceptors (Lipinski definition) is 4. The van der Waals surface area contributed by atoms with Crippen LogP contribution < -0.4 is 5.32 Å². The Hall–Kier alpha value is -2.04. The van der Waals surface area contributed by atoms with Crippen molar-refractivity contribution >= 4 is 17.6 Å². The third kappa shape index (κ3) is 4.57. The quantitative estimate of drug-likeness (QED) is 0.776. The predicted molar refractivity (Wildman–Crippen MR) is 78.8 cm³/mol. The van der Waals surface area contributed by atoms with Crippen molar-refractivity contribution < 1.29 is 14.3 Å². The molecular weight excluding hydrogens is 256 g/mol. The monoisotopic (exact) mass is 278 g/mol. The van der Waals surface area contributed by atoms with Crippen molar-refractivity contribution in [1.29, 1.82) is 0 Å². The van der Waals surface area contributed by atoms with E-state index in [0.717, 1.165) is 18.7 Å². The van der Waals surface area contributed by atoms with Crippen LogP contribution in [0.2, 0.25) is 0 Å². The molecule has 0 saturated heterocycles. The first-order valence-corrected chi connectivity index (χ1v) is 6.84. The maximum Gasteiger partial charge on any atom is 0.325 e. The number of ether oxygens (including phenoxy) is 1. The summed E-state index contributed by atoms with van der Waals surface area (Å²) in [6.45, 7) is 4.87. The summed E-state index contributed by atoms with van der Waals surface area (Å²) in [6, 6.07) is 7.30. The van der Waals surface area contributed by atoms with Crippen molar-refractivity contribution in [3.63, 3.8) is 0 Å². The van der Waals surface area contributed by atoms with Crippen LogP contribution in [0.25, 0.3) is 0 Å². The lowest BCUT2D eigenvalue weighted by Gasteiger charge is -2.18. The molecule has 0 aliphatic rings.